The van der Waals surface area contributed by atoms with Crippen LogP contribution in [0.2, 0.25) is 0 Å². The van der Waals surface area contributed by atoms with Crippen molar-refractivity contribution in [1.82, 2.24) is 15.8 Å². The van der Waals surface area contributed by atoms with Gasteiger partial charge in [-0.05, 0) is 34.1 Å². The van der Waals surface area contributed by atoms with Crippen molar-refractivity contribution in [2.24, 2.45) is 0 Å². The lowest BCUT2D eigenvalue weighted by Gasteiger charge is -2.06. The molecule has 2 aromatic rings. The highest BCUT2D eigenvalue weighted by molar-refractivity contribution is 9.10. The second-order valence-corrected chi connectivity index (χ2v) is 6.23. The lowest BCUT2D eigenvalue weighted by atomic mass is 10.4. The van der Waals surface area contributed by atoms with E-state index in [2.05, 4.69) is 31.8 Å². The van der Waals surface area contributed by atoms with Crippen LogP contribution in [-0.4, -0.2) is 22.6 Å². The van der Waals surface area contributed by atoms with E-state index in [-0.39, 0.29) is 11.8 Å². The summed E-state index contributed by atoms with van der Waals surface area (Å²) in [5.41, 5.74) is 5.13. The number of H-pyrrole nitrogens is 1. The van der Waals surface area contributed by atoms with E-state index >= 15 is 0 Å². The number of rotatable bonds is 5. The number of hydrazine groups is 1. The van der Waals surface area contributed by atoms with E-state index in [4.69, 9.17) is 0 Å². The molecule has 5 nitrogen and oxygen atoms in total. The van der Waals surface area contributed by atoms with Crippen molar-refractivity contribution in [3.8, 4) is 0 Å². The topological polar surface area (TPSA) is 74.0 Å². The Morgan fingerprint density at radius 1 is 1.19 bits per heavy atom. The van der Waals surface area contributed by atoms with Crippen molar-refractivity contribution in [3.05, 3.63) is 52.8 Å². The molecule has 0 unspecified atom stereocenters. The molecule has 7 heteroatoms. The molecule has 21 heavy (non-hydrogen) atoms. The Morgan fingerprint density at radius 3 is 2.62 bits per heavy atom. The second-order valence-electron chi connectivity index (χ2n) is 4.15. The molecule has 0 saturated heterocycles. The Kier molecular flexibility index (Phi) is 5.89. The van der Waals surface area contributed by atoms with Crippen LogP contribution in [0.15, 0.2) is 52.0 Å². The third-order valence-corrected chi connectivity index (χ3v) is 4.02. The van der Waals surface area contributed by atoms with Gasteiger partial charge in [-0.15, -0.1) is 11.8 Å². The van der Waals surface area contributed by atoms with Crippen LogP contribution in [0.3, 0.4) is 0 Å². The van der Waals surface area contributed by atoms with Gasteiger partial charge >= 0.3 is 0 Å². The van der Waals surface area contributed by atoms with Gasteiger partial charge in [0.15, 0.2) is 0 Å². The second kappa shape index (κ2) is 7.90. The number of aromatic amines is 1. The number of hydrogen-bond donors (Lipinski definition) is 3. The van der Waals surface area contributed by atoms with Crippen LogP contribution in [0.5, 0.6) is 0 Å². The number of thioether (sulfide) groups is 1. The van der Waals surface area contributed by atoms with Crippen LogP contribution >= 0.6 is 27.7 Å². The number of amides is 2. The summed E-state index contributed by atoms with van der Waals surface area (Å²) in [5.74, 6) is 0.0434. The van der Waals surface area contributed by atoms with Gasteiger partial charge in [0.2, 0.25) is 5.91 Å². The summed E-state index contributed by atoms with van der Waals surface area (Å²) < 4.78 is 0.776. The molecule has 0 aliphatic carbocycles. The quantitative estimate of drug-likeness (QED) is 0.561. The van der Waals surface area contributed by atoms with Crippen molar-refractivity contribution in [2.75, 3.05) is 5.75 Å². The van der Waals surface area contributed by atoms with Crippen LogP contribution in [0.25, 0.3) is 0 Å². The fourth-order valence-corrected chi connectivity index (χ4v) is 2.75. The normalized spacial score (nSPS) is 10.1. The van der Waals surface area contributed by atoms with E-state index in [1.54, 1.807) is 24.0 Å². The summed E-state index contributed by atoms with van der Waals surface area (Å²) in [6, 6.07) is 11.5. The van der Waals surface area contributed by atoms with E-state index in [1.165, 1.54) is 0 Å². The van der Waals surface area contributed by atoms with Crippen LogP contribution in [0.1, 0.15) is 16.9 Å². The molecule has 0 saturated carbocycles. The number of benzene rings is 1. The third-order valence-electron chi connectivity index (χ3n) is 2.55. The SMILES string of the molecule is O=C(CCSc1ccccc1)NNC(=O)c1cc(Br)c[nH]1. The Morgan fingerprint density at radius 2 is 1.95 bits per heavy atom. The van der Waals surface area contributed by atoms with Crippen molar-refractivity contribution in [3.63, 3.8) is 0 Å². The Hall–Kier alpha value is -1.73. The van der Waals surface area contributed by atoms with Crippen LogP contribution in [-0.2, 0) is 4.79 Å². The molecule has 0 spiro atoms. The molecular weight excluding hydrogens is 354 g/mol. The molecule has 0 radical (unpaired) electrons. The molecule has 0 fully saturated rings. The highest BCUT2D eigenvalue weighted by Crippen LogP contribution is 2.17. The molecule has 1 aromatic heterocycles. The molecular formula is C14H14BrN3O2S. The number of aromatic nitrogens is 1. The van der Waals surface area contributed by atoms with Crippen molar-refractivity contribution in [2.45, 2.75) is 11.3 Å². The first kappa shape index (κ1) is 15.7. The highest BCUT2D eigenvalue weighted by atomic mass is 79.9. The summed E-state index contributed by atoms with van der Waals surface area (Å²) in [7, 11) is 0. The average molecular weight is 368 g/mol. The summed E-state index contributed by atoms with van der Waals surface area (Å²) in [5, 5.41) is 0. The maximum absolute atomic E-state index is 11.7. The molecule has 110 valence electrons. The van der Waals surface area contributed by atoms with Gasteiger partial charge in [-0.25, -0.2) is 0 Å². The minimum absolute atomic E-state index is 0.225. The predicted molar refractivity (Wildman–Crippen MR) is 85.9 cm³/mol. The lowest BCUT2D eigenvalue weighted by molar-refractivity contribution is -0.121. The summed E-state index contributed by atoms with van der Waals surface area (Å²) in [4.78, 5) is 27.2. The molecule has 0 aliphatic heterocycles. The minimum Gasteiger partial charge on any atom is -0.356 e. The van der Waals surface area contributed by atoms with E-state index in [9.17, 15) is 9.59 Å². The largest absolute Gasteiger partial charge is 0.356 e. The van der Waals surface area contributed by atoms with Crippen molar-refractivity contribution in [1.29, 1.82) is 0 Å². The molecule has 2 rings (SSSR count). The zero-order chi connectivity index (χ0) is 15.1. The molecule has 0 atom stereocenters. The Labute approximate surface area is 135 Å². The maximum Gasteiger partial charge on any atom is 0.286 e. The zero-order valence-corrected chi connectivity index (χ0v) is 13.5. The molecule has 3 N–H and O–H groups in total. The standard InChI is InChI=1S/C14H14BrN3O2S/c15-10-8-12(16-9-10)14(20)18-17-13(19)6-7-21-11-4-2-1-3-5-11/h1-5,8-9,16H,6-7H2,(H,17,19)(H,18,20). The highest BCUT2D eigenvalue weighted by Gasteiger charge is 2.09. The van der Waals surface area contributed by atoms with Crippen molar-refractivity contribution < 1.29 is 9.59 Å². The van der Waals surface area contributed by atoms with Gasteiger partial charge in [0.1, 0.15) is 5.69 Å². The van der Waals surface area contributed by atoms with Crippen LogP contribution < -0.4 is 10.9 Å². The Bertz CT molecular complexity index is 616. The third kappa shape index (κ3) is 5.28. The number of carbonyl (C=O) groups is 2. The monoisotopic (exact) mass is 367 g/mol. The number of carbonyl (C=O) groups excluding carboxylic acids is 2. The average Bonchev–Trinajstić information content (AvgIpc) is 2.92. The maximum atomic E-state index is 11.7. The van der Waals surface area contributed by atoms with Crippen molar-refractivity contribution >= 4 is 39.5 Å². The molecule has 0 aliphatic rings. The molecule has 1 heterocycles. The number of halogens is 1. The van der Waals surface area contributed by atoms with Gasteiger partial charge in [0, 0.05) is 27.7 Å². The Balaban J connectivity index is 1.67. The fraction of sp³-hybridized carbons (Fsp3) is 0.143. The van der Waals surface area contributed by atoms with Gasteiger partial charge < -0.3 is 4.98 Å². The van der Waals surface area contributed by atoms with E-state index in [1.807, 2.05) is 30.3 Å². The molecule has 2 amide bonds. The minimum atomic E-state index is -0.384. The smallest absolute Gasteiger partial charge is 0.286 e. The molecule has 0 bridgehead atoms. The first-order valence-electron chi connectivity index (χ1n) is 6.26. The van der Waals surface area contributed by atoms with Crippen LogP contribution in [0, 0.1) is 0 Å². The van der Waals surface area contributed by atoms with Gasteiger partial charge in [0.05, 0.1) is 0 Å². The number of hydrogen-bond acceptors (Lipinski definition) is 3. The van der Waals surface area contributed by atoms with Gasteiger partial charge in [0.25, 0.3) is 5.91 Å². The summed E-state index contributed by atoms with van der Waals surface area (Å²) >= 11 is 4.83. The van der Waals surface area contributed by atoms with Gasteiger partial charge in [-0.1, -0.05) is 18.2 Å². The predicted octanol–water partition coefficient (Wildman–Crippen LogP) is 2.72. The summed E-state index contributed by atoms with van der Waals surface area (Å²) in [6.07, 6.45) is 1.97. The van der Waals surface area contributed by atoms with Gasteiger partial charge in [-0.2, -0.15) is 0 Å². The van der Waals surface area contributed by atoms with Gasteiger partial charge in [-0.3, -0.25) is 20.4 Å². The van der Waals surface area contributed by atoms with Crippen LogP contribution in [0.4, 0.5) is 0 Å². The lowest BCUT2D eigenvalue weighted by Crippen LogP contribution is -2.41. The van der Waals surface area contributed by atoms with E-state index < -0.39 is 0 Å². The summed E-state index contributed by atoms with van der Waals surface area (Å²) in [6.45, 7) is 0. The fourth-order valence-electron chi connectivity index (χ4n) is 1.53. The van der Waals surface area contributed by atoms with E-state index in [0.29, 0.717) is 17.9 Å². The number of nitrogens with one attached hydrogen (secondary N) is 3. The first-order chi connectivity index (χ1) is 10.1. The zero-order valence-electron chi connectivity index (χ0n) is 11.1. The van der Waals surface area contributed by atoms with E-state index in [0.717, 1.165) is 9.37 Å². The first-order valence-corrected chi connectivity index (χ1v) is 8.04. The molecule has 1 aromatic carbocycles.